The quantitative estimate of drug-likeness (QED) is 0.671. The fourth-order valence-corrected chi connectivity index (χ4v) is 4.20. The summed E-state index contributed by atoms with van der Waals surface area (Å²) < 4.78 is 0. The van der Waals surface area contributed by atoms with Gasteiger partial charge in [0.2, 0.25) is 0 Å². The summed E-state index contributed by atoms with van der Waals surface area (Å²) in [6.45, 7) is 10.7. The van der Waals surface area contributed by atoms with E-state index in [1.54, 1.807) is 6.42 Å². The summed E-state index contributed by atoms with van der Waals surface area (Å²) in [4.78, 5) is 0. The van der Waals surface area contributed by atoms with E-state index in [0.29, 0.717) is 0 Å². The molecule has 2 aliphatic rings. The maximum absolute atomic E-state index is 3.86. The fraction of sp³-hybridized carbons (Fsp3) is 1.00. The second-order valence-electron chi connectivity index (χ2n) is 7.52. The third-order valence-corrected chi connectivity index (χ3v) is 5.04. The topological polar surface area (TPSA) is 12.0 Å². The first-order chi connectivity index (χ1) is 8.60. The van der Waals surface area contributed by atoms with Crippen LogP contribution in [0.2, 0.25) is 0 Å². The molecule has 106 valence electrons. The van der Waals surface area contributed by atoms with E-state index in [4.69, 9.17) is 0 Å². The summed E-state index contributed by atoms with van der Waals surface area (Å²) in [7, 11) is 0. The van der Waals surface area contributed by atoms with Crippen LogP contribution in [0.5, 0.6) is 0 Å². The minimum atomic E-state index is 0.812. The molecule has 0 bridgehead atoms. The van der Waals surface area contributed by atoms with Crippen LogP contribution in [0.4, 0.5) is 0 Å². The molecule has 0 aromatic carbocycles. The molecule has 2 aliphatic carbocycles. The zero-order chi connectivity index (χ0) is 13.1. The van der Waals surface area contributed by atoms with Gasteiger partial charge in [-0.2, -0.15) is 0 Å². The third kappa shape index (κ3) is 3.98. The zero-order valence-corrected chi connectivity index (χ0v) is 12.9. The van der Waals surface area contributed by atoms with Crippen LogP contribution in [0.25, 0.3) is 0 Å². The Morgan fingerprint density at radius 2 is 1.67 bits per heavy atom. The summed E-state index contributed by atoms with van der Waals surface area (Å²) >= 11 is 0. The summed E-state index contributed by atoms with van der Waals surface area (Å²) in [5.41, 5.74) is 0. The van der Waals surface area contributed by atoms with Gasteiger partial charge >= 0.3 is 0 Å². The van der Waals surface area contributed by atoms with E-state index in [1.807, 2.05) is 0 Å². The maximum atomic E-state index is 3.86. The van der Waals surface area contributed by atoms with Crippen LogP contribution in [-0.2, 0) is 0 Å². The Balaban J connectivity index is 1.80. The molecule has 0 aromatic heterocycles. The van der Waals surface area contributed by atoms with Crippen molar-refractivity contribution in [3.8, 4) is 0 Å². The lowest BCUT2D eigenvalue weighted by molar-refractivity contribution is 0.269. The molecule has 2 rings (SSSR count). The molecule has 0 saturated heterocycles. The van der Waals surface area contributed by atoms with Crippen molar-refractivity contribution < 1.29 is 0 Å². The van der Waals surface area contributed by atoms with E-state index in [9.17, 15) is 0 Å². The highest BCUT2D eigenvalue weighted by atomic mass is 14.9. The average Bonchev–Trinajstić information content (AvgIpc) is 2.90. The maximum Gasteiger partial charge on any atom is 0.00980 e. The van der Waals surface area contributed by atoms with Crippen LogP contribution in [-0.4, -0.2) is 12.6 Å². The van der Waals surface area contributed by atoms with Crippen molar-refractivity contribution >= 4 is 0 Å². The molecule has 1 heteroatoms. The Morgan fingerprint density at radius 3 is 2.22 bits per heavy atom. The SMILES string of the molecule is CCCNC(CC(C)CC(C)C)C1CC2CC2C1. The second kappa shape index (κ2) is 6.41. The van der Waals surface area contributed by atoms with E-state index in [1.165, 1.54) is 38.6 Å². The minimum absolute atomic E-state index is 0.812. The number of nitrogens with one attached hydrogen (secondary N) is 1. The van der Waals surface area contributed by atoms with Gasteiger partial charge in [-0.1, -0.05) is 27.7 Å². The van der Waals surface area contributed by atoms with Crippen molar-refractivity contribution in [1.29, 1.82) is 0 Å². The first kappa shape index (κ1) is 14.4. The van der Waals surface area contributed by atoms with E-state index >= 15 is 0 Å². The van der Waals surface area contributed by atoms with Crippen molar-refractivity contribution in [2.24, 2.45) is 29.6 Å². The molecule has 4 unspecified atom stereocenters. The lowest BCUT2D eigenvalue weighted by Gasteiger charge is -2.29. The van der Waals surface area contributed by atoms with Gasteiger partial charge in [0.25, 0.3) is 0 Å². The Labute approximate surface area is 114 Å². The molecular weight excluding hydrogens is 218 g/mol. The summed E-state index contributed by atoms with van der Waals surface area (Å²) in [6, 6.07) is 0.812. The van der Waals surface area contributed by atoms with Crippen LogP contribution in [0, 0.1) is 29.6 Å². The third-order valence-electron chi connectivity index (χ3n) is 5.04. The van der Waals surface area contributed by atoms with E-state index in [-0.39, 0.29) is 0 Å². The Morgan fingerprint density at radius 1 is 1.00 bits per heavy atom. The molecule has 4 atom stereocenters. The average molecular weight is 251 g/mol. The summed E-state index contributed by atoms with van der Waals surface area (Å²) in [5, 5.41) is 3.86. The molecule has 0 aliphatic heterocycles. The number of hydrogen-bond acceptors (Lipinski definition) is 1. The number of rotatable bonds is 8. The van der Waals surface area contributed by atoms with Gasteiger partial charge in [0.15, 0.2) is 0 Å². The largest absolute Gasteiger partial charge is 0.314 e. The van der Waals surface area contributed by atoms with Crippen molar-refractivity contribution in [2.45, 2.75) is 72.3 Å². The van der Waals surface area contributed by atoms with Crippen LogP contribution < -0.4 is 5.32 Å². The number of fused-ring (bicyclic) bond motifs is 1. The first-order valence-corrected chi connectivity index (χ1v) is 8.33. The molecule has 1 nitrogen and oxygen atoms in total. The fourth-order valence-electron chi connectivity index (χ4n) is 4.20. The zero-order valence-electron chi connectivity index (χ0n) is 12.9. The van der Waals surface area contributed by atoms with Gasteiger partial charge in [-0.15, -0.1) is 0 Å². The van der Waals surface area contributed by atoms with Crippen LogP contribution >= 0.6 is 0 Å². The summed E-state index contributed by atoms with van der Waals surface area (Å²) in [6.07, 6.45) is 8.68. The molecule has 0 spiro atoms. The Hall–Kier alpha value is -0.0400. The van der Waals surface area contributed by atoms with Crippen molar-refractivity contribution in [3.05, 3.63) is 0 Å². The molecule has 0 aromatic rings. The van der Waals surface area contributed by atoms with Crippen molar-refractivity contribution in [1.82, 2.24) is 5.32 Å². The van der Waals surface area contributed by atoms with Crippen LogP contribution in [0.1, 0.15) is 66.2 Å². The van der Waals surface area contributed by atoms with E-state index < -0.39 is 0 Å². The van der Waals surface area contributed by atoms with Gasteiger partial charge in [0, 0.05) is 6.04 Å². The molecule has 18 heavy (non-hydrogen) atoms. The molecule has 2 fully saturated rings. The van der Waals surface area contributed by atoms with Gasteiger partial charge in [-0.3, -0.25) is 0 Å². The Bertz CT molecular complexity index is 238. The number of hydrogen-bond donors (Lipinski definition) is 1. The molecular formula is C17H33N. The van der Waals surface area contributed by atoms with E-state index in [2.05, 4.69) is 33.0 Å². The van der Waals surface area contributed by atoms with Gasteiger partial charge < -0.3 is 5.32 Å². The Kier molecular flexibility index (Phi) is 5.12. The molecule has 2 saturated carbocycles. The highest BCUT2D eigenvalue weighted by Gasteiger charge is 2.47. The predicted molar refractivity (Wildman–Crippen MR) is 79.6 cm³/mol. The van der Waals surface area contributed by atoms with Crippen molar-refractivity contribution in [2.75, 3.05) is 6.54 Å². The molecule has 0 radical (unpaired) electrons. The first-order valence-electron chi connectivity index (χ1n) is 8.33. The van der Waals surface area contributed by atoms with Gasteiger partial charge in [-0.05, 0) is 74.7 Å². The normalized spacial score (nSPS) is 33.5. The second-order valence-corrected chi connectivity index (χ2v) is 7.52. The predicted octanol–water partition coefficient (Wildman–Crippen LogP) is 4.47. The lowest BCUT2D eigenvalue weighted by atomic mass is 9.85. The van der Waals surface area contributed by atoms with Crippen LogP contribution in [0.15, 0.2) is 0 Å². The van der Waals surface area contributed by atoms with E-state index in [0.717, 1.165) is 35.6 Å². The lowest BCUT2D eigenvalue weighted by Crippen LogP contribution is -2.37. The molecule has 0 amide bonds. The van der Waals surface area contributed by atoms with Crippen LogP contribution in [0.3, 0.4) is 0 Å². The monoisotopic (exact) mass is 251 g/mol. The highest BCUT2D eigenvalue weighted by molar-refractivity contribution is 4.99. The molecule has 1 N–H and O–H groups in total. The van der Waals surface area contributed by atoms with Crippen molar-refractivity contribution in [3.63, 3.8) is 0 Å². The van der Waals surface area contributed by atoms with Gasteiger partial charge in [0.05, 0.1) is 0 Å². The smallest absolute Gasteiger partial charge is 0.00980 e. The van der Waals surface area contributed by atoms with Gasteiger partial charge in [-0.25, -0.2) is 0 Å². The van der Waals surface area contributed by atoms with Gasteiger partial charge in [0.1, 0.15) is 0 Å². The standard InChI is InChI=1S/C17H33N/c1-5-6-18-17(8-13(4)7-12(2)3)16-10-14-9-15(14)11-16/h12-18H,5-11H2,1-4H3. The molecule has 0 heterocycles. The minimum Gasteiger partial charge on any atom is -0.314 e. The summed E-state index contributed by atoms with van der Waals surface area (Å²) in [5.74, 6) is 4.98. The highest BCUT2D eigenvalue weighted by Crippen LogP contribution is 2.55.